The van der Waals surface area contributed by atoms with E-state index in [4.69, 9.17) is 16.3 Å². The molecule has 2 aromatic carbocycles. The SMILES string of the molecule is O[C@@H]1CCC[C@H]1Oc1ccc(-c2ccccc2)cc1Cl. The fourth-order valence-electron chi connectivity index (χ4n) is 2.61. The number of hydrogen-bond acceptors (Lipinski definition) is 2. The summed E-state index contributed by atoms with van der Waals surface area (Å²) in [7, 11) is 0. The molecule has 20 heavy (non-hydrogen) atoms. The van der Waals surface area contributed by atoms with Gasteiger partial charge >= 0.3 is 0 Å². The molecule has 1 saturated carbocycles. The number of hydrogen-bond donors (Lipinski definition) is 1. The summed E-state index contributed by atoms with van der Waals surface area (Å²) in [6, 6.07) is 15.9. The molecular weight excluding hydrogens is 272 g/mol. The van der Waals surface area contributed by atoms with Crippen molar-refractivity contribution in [1.82, 2.24) is 0 Å². The van der Waals surface area contributed by atoms with Gasteiger partial charge in [-0.3, -0.25) is 0 Å². The minimum absolute atomic E-state index is 0.130. The van der Waals surface area contributed by atoms with Crippen LogP contribution in [0.25, 0.3) is 11.1 Å². The Kier molecular flexibility index (Phi) is 3.95. The highest BCUT2D eigenvalue weighted by Crippen LogP contribution is 2.33. The number of benzene rings is 2. The van der Waals surface area contributed by atoms with Crippen LogP contribution in [0.2, 0.25) is 5.02 Å². The molecule has 0 heterocycles. The van der Waals surface area contributed by atoms with Gasteiger partial charge < -0.3 is 9.84 Å². The van der Waals surface area contributed by atoms with Crippen LogP contribution in [-0.4, -0.2) is 17.3 Å². The van der Waals surface area contributed by atoms with Crippen molar-refractivity contribution >= 4 is 11.6 Å². The summed E-state index contributed by atoms with van der Waals surface area (Å²) in [5.74, 6) is 0.650. The molecule has 0 saturated heterocycles. The van der Waals surface area contributed by atoms with Crippen molar-refractivity contribution in [2.45, 2.75) is 31.5 Å². The molecule has 2 aromatic rings. The molecule has 0 spiro atoms. The smallest absolute Gasteiger partial charge is 0.138 e. The summed E-state index contributed by atoms with van der Waals surface area (Å²) < 4.78 is 5.83. The standard InChI is InChI=1S/C17H17ClO2/c18-14-11-13(12-5-2-1-3-6-12)9-10-16(14)20-17-8-4-7-15(17)19/h1-3,5-6,9-11,15,17,19H,4,7-8H2/t15-,17-/m1/s1. The molecule has 3 heteroatoms. The van der Waals surface area contributed by atoms with Crippen molar-refractivity contribution in [3.05, 3.63) is 53.6 Å². The summed E-state index contributed by atoms with van der Waals surface area (Å²) in [5, 5.41) is 10.4. The van der Waals surface area contributed by atoms with Crippen molar-refractivity contribution in [3.8, 4) is 16.9 Å². The summed E-state index contributed by atoms with van der Waals surface area (Å²) in [4.78, 5) is 0. The van der Waals surface area contributed by atoms with Gasteiger partial charge in [0.05, 0.1) is 11.1 Å². The zero-order valence-electron chi connectivity index (χ0n) is 11.1. The van der Waals surface area contributed by atoms with E-state index in [0.29, 0.717) is 10.8 Å². The number of ether oxygens (including phenoxy) is 1. The molecule has 0 aromatic heterocycles. The average molecular weight is 289 g/mol. The second-order valence-corrected chi connectivity index (χ2v) is 5.57. The van der Waals surface area contributed by atoms with Gasteiger partial charge in [-0.05, 0) is 42.5 Å². The molecule has 1 fully saturated rings. The van der Waals surface area contributed by atoms with Crippen LogP contribution in [0.4, 0.5) is 0 Å². The molecular formula is C17H17ClO2. The van der Waals surface area contributed by atoms with Crippen LogP contribution in [-0.2, 0) is 0 Å². The molecule has 1 aliphatic carbocycles. The topological polar surface area (TPSA) is 29.5 Å². The normalized spacial score (nSPS) is 21.9. The van der Waals surface area contributed by atoms with Crippen LogP contribution in [0, 0.1) is 0 Å². The first kappa shape index (κ1) is 13.5. The van der Waals surface area contributed by atoms with E-state index in [0.717, 1.165) is 30.4 Å². The third kappa shape index (κ3) is 2.82. The van der Waals surface area contributed by atoms with E-state index in [-0.39, 0.29) is 12.2 Å². The van der Waals surface area contributed by atoms with Crippen LogP contribution in [0.15, 0.2) is 48.5 Å². The third-order valence-corrected chi connectivity index (χ3v) is 4.03. The molecule has 1 aliphatic rings. The fraction of sp³-hybridized carbons (Fsp3) is 0.294. The van der Waals surface area contributed by atoms with Gasteiger partial charge in [0.1, 0.15) is 11.9 Å². The Hall–Kier alpha value is -1.51. The number of rotatable bonds is 3. The summed E-state index contributed by atoms with van der Waals surface area (Å²) in [6.07, 6.45) is 2.20. The van der Waals surface area contributed by atoms with Crippen LogP contribution in [0.1, 0.15) is 19.3 Å². The van der Waals surface area contributed by atoms with E-state index in [1.165, 1.54) is 0 Å². The van der Waals surface area contributed by atoms with Crippen LogP contribution < -0.4 is 4.74 Å². The van der Waals surface area contributed by atoms with Crippen LogP contribution >= 0.6 is 11.6 Å². The lowest BCUT2D eigenvalue weighted by Crippen LogP contribution is -2.25. The van der Waals surface area contributed by atoms with E-state index in [9.17, 15) is 5.11 Å². The van der Waals surface area contributed by atoms with E-state index in [1.54, 1.807) is 0 Å². The van der Waals surface area contributed by atoms with E-state index >= 15 is 0 Å². The van der Waals surface area contributed by atoms with E-state index in [2.05, 4.69) is 0 Å². The van der Waals surface area contributed by atoms with Gasteiger partial charge in [0, 0.05) is 0 Å². The highest BCUT2D eigenvalue weighted by atomic mass is 35.5. The molecule has 0 amide bonds. The lowest BCUT2D eigenvalue weighted by atomic mass is 10.1. The molecule has 0 radical (unpaired) electrons. The van der Waals surface area contributed by atoms with Crippen molar-refractivity contribution in [2.24, 2.45) is 0 Å². The Balaban J connectivity index is 1.81. The van der Waals surface area contributed by atoms with Gasteiger partial charge in [-0.2, -0.15) is 0 Å². The lowest BCUT2D eigenvalue weighted by Gasteiger charge is -2.18. The Morgan fingerprint density at radius 2 is 1.80 bits per heavy atom. The van der Waals surface area contributed by atoms with Gasteiger partial charge in [0.15, 0.2) is 0 Å². The lowest BCUT2D eigenvalue weighted by molar-refractivity contribution is 0.0605. The van der Waals surface area contributed by atoms with Crippen molar-refractivity contribution in [1.29, 1.82) is 0 Å². The second-order valence-electron chi connectivity index (χ2n) is 5.17. The molecule has 1 N–H and O–H groups in total. The van der Waals surface area contributed by atoms with Crippen molar-refractivity contribution in [2.75, 3.05) is 0 Å². The molecule has 3 rings (SSSR count). The van der Waals surface area contributed by atoms with E-state index in [1.807, 2.05) is 48.5 Å². The highest BCUT2D eigenvalue weighted by Gasteiger charge is 2.27. The molecule has 0 unspecified atom stereocenters. The average Bonchev–Trinajstić information content (AvgIpc) is 2.87. The molecule has 0 aliphatic heterocycles. The highest BCUT2D eigenvalue weighted by molar-refractivity contribution is 6.32. The van der Waals surface area contributed by atoms with Gasteiger partial charge in [-0.1, -0.05) is 48.0 Å². The van der Waals surface area contributed by atoms with Gasteiger partial charge in [-0.15, -0.1) is 0 Å². The minimum Gasteiger partial charge on any atom is -0.486 e. The predicted molar refractivity (Wildman–Crippen MR) is 81.2 cm³/mol. The Morgan fingerprint density at radius 1 is 1.00 bits per heavy atom. The maximum absolute atomic E-state index is 9.81. The van der Waals surface area contributed by atoms with Crippen molar-refractivity contribution < 1.29 is 9.84 Å². The zero-order valence-corrected chi connectivity index (χ0v) is 11.9. The fourth-order valence-corrected chi connectivity index (χ4v) is 2.84. The van der Waals surface area contributed by atoms with Gasteiger partial charge in [0.2, 0.25) is 0 Å². The first-order valence-electron chi connectivity index (χ1n) is 6.94. The van der Waals surface area contributed by atoms with Crippen LogP contribution in [0.3, 0.4) is 0 Å². The Labute approximate surface area is 124 Å². The second kappa shape index (κ2) is 5.86. The van der Waals surface area contributed by atoms with Gasteiger partial charge in [-0.25, -0.2) is 0 Å². The summed E-state index contributed by atoms with van der Waals surface area (Å²) in [5.41, 5.74) is 2.19. The molecule has 104 valence electrons. The first-order valence-corrected chi connectivity index (χ1v) is 7.31. The molecule has 0 bridgehead atoms. The maximum atomic E-state index is 9.81. The zero-order chi connectivity index (χ0) is 13.9. The summed E-state index contributed by atoms with van der Waals surface area (Å²) >= 11 is 6.30. The summed E-state index contributed by atoms with van der Waals surface area (Å²) in [6.45, 7) is 0. The minimum atomic E-state index is -0.375. The monoisotopic (exact) mass is 288 g/mol. The Bertz CT molecular complexity index is 583. The third-order valence-electron chi connectivity index (χ3n) is 3.74. The number of halogens is 1. The molecule has 2 nitrogen and oxygen atoms in total. The maximum Gasteiger partial charge on any atom is 0.138 e. The van der Waals surface area contributed by atoms with E-state index < -0.39 is 0 Å². The number of aliphatic hydroxyl groups is 1. The number of aliphatic hydroxyl groups excluding tert-OH is 1. The van der Waals surface area contributed by atoms with Crippen molar-refractivity contribution in [3.63, 3.8) is 0 Å². The quantitative estimate of drug-likeness (QED) is 0.912. The van der Waals surface area contributed by atoms with Gasteiger partial charge in [0.25, 0.3) is 0 Å². The largest absolute Gasteiger partial charge is 0.486 e. The Morgan fingerprint density at radius 3 is 2.45 bits per heavy atom. The van der Waals surface area contributed by atoms with Crippen LogP contribution in [0.5, 0.6) is 5.75 Å². The first-order chi connectivity index (χ1) is 9.74. The predicted octanol–water partition coefficient (Wildman–Crippen LogP) is 4.30. The molecule has 2 atom stereocenters.